The van der Waals surface area contributed by atoms with Crippen LogP contribution < -0.4 is 5.23 Å². The van der Waals surface area contributed by atoms with Crippen LogP contribution in [0, 0.1) is 34.8 Å². The van der Waals surface area contributed by atoms with E-state index in [0.717, 1.165) is 30.3 Å². The second-order valence-corrected chi connectivity index (χ2v) is 6.42. The van der Waals surface area contributed by atoms with Gasteiger partial charge in [0.2, 0.25) is 0 Å². The van der Waals surface area contributed by atoms with Gasteiger partial charge >= 0.3 is 0 Å². The van der Waals surface area contributed by atoms with E-state index in [4.69, 9.17) is 4.84 Å². The number of hydrogen-bond donors (Lipinski definition) is 1. The lowest BCUT2D eigenvalue weighted by atomic mass is 9.71. The van der Waals surface area contributed by atoms with Crippen molar-refractivity contribution in [1.29, 1.82) is 0 Å². The fourth-order valence-corrected chi connectivity index (χ4v) is 5.74. The Morgan fingerprint density at radius 1 is 1.25 bits per heavy atom. The Bertz CT molecular complexity index is 405. The third kappa shape index (κ3) is 0.754. The van der Waals surface area contributed by atoms with Gasteiger partial charge in [-0.3, -0.25) is 0 Å². The second kappa shape index (κ2) is 2.55. The highest BCUT2D eigenvalue weighted by Crippen LogP contribution is 2.65. The highest BCUT2D eigenvalue weighted by Gasteiger charge is 2.63. The van der Waals surface area contributed by atoms with Crippen molar-refractivity contribution >= 4 is 0 Å². The van der Waals surface area contributed by atoms with Crippen LogP contribution in [0.5, 0.6) is 0 Å². The molecule has 0 amide bonds. The van der Waals surface area contributed by atoms with E-state index < -0.39 is 0 Å². The Kier molecular flexibility index (Phi) is 1.38. The molecule has 5 rings (SSSR count). The van der Waals surface area contributed by atoms with Crippen LogP contribution in [0.25, 0.3) is 0 Å². The average molecular weight is 219 g/mol. The lowest BCUT2D eigenvalue weighted by Crippen LogP contribution is -3.08. The number of quaternary nitrogens is 1. The Hall–Kier alpha value is -0.380. The van der Waals surface area contributed by atoms with Gasteiger partial charge in [-0.15, -0.1) is 0 Å². The predicted octanol–water partition coefficient (Wildman–Crippen LogP) is 0.675. The molecule has 0 aromatic rings. The molecule has 4 aliphatic carbocycles. The van der Waals surface area contributed by atoms with Gasteiger partial charge in [0, 0.05) is 0 Å². The summed E-state index contributed by atoms with van der Waals surface area (Å²) in [4.78, 5) is 5.28. The van der Waals surface area contributed by atoms with Crippen LogP contribution in [0.15, 0.2) is 11.1 Å². The van der Waals surface area contributed by atoms with Crippen LogP contribution in [0.2, 0.25) is 0 Å². The number of hydroxylamine groups is 2. The van der Waals surface area contributed by atoms with Crippen molar-refractivity contribution in [2.75, 3.05) is 6.61 Å². The molecule has 3 nitrogen and oxygen atoms in total. The predicted molar refractivity (Wildman–Crippen MR) is 57.0 cm³/mol. The Morgan fingerprint density at radius 3 is 3.12 bits per heavy atom. The van der Waals surface area contributed by atoms with E-state index >= 15 is 0 Å². The van der Waals surface area contributed by atoms with Crippen LogP contribution in [-0.2, 0) is 4.84 Å². The molecule has 3 saturated carbocycles. The van der Waals surface area contributed by atoms with E-state index in [1.54, 1.807) is 11.1 Å². The molecule has 5 aliphatic rings. The number of hydrogen-bond acceptors (Lipinski definition) is 2. The first-order valence-electron chi connectivity index (χ1n) is 6.74. The van der Waals surface area contributed by atoms with E-state index in [1.165, 1.54) is 25.7 Å². The molecule has 4 fully saturated rings. The molecule has 16 heavy (non-hydrogen) atoms. The van der Waals surface area contributed by atoms with E-state index in [-0.39, 0.29) is 11.3 Å². The monoisotopic (exact) mass is 219 g/mol. The van der Waals surface area contributed by atoms with Crippen molar-refractivity contribution in [3.05, 3.63) is 16.4 Å². The Balaban J connectivity index is 1.68. The highest BCUT2D eigenvalue weighted by atomic mass is 16.9. The van der Waals surface area contributed by atoms with Crippen molar-refractivity contribution in [2.24, 2.45) is 29.6 Å². The van der Waals surface area contributed by atoms with Crippen molar-refractivity contribution in [1.82, 2.24) is 0 Å². The summed E-state index contributed by atoms with van der Waals surface area (Å²) in [5.74, 6) is 4.07. The zero-order valence-corrected chi connectivity index (χ0v) is 9.32. The molecule has 7 unspecified atom stereocenters. The van der Waals surface area contributed by atoms with Gasteiger partial charge in [-0.2, -0.15) is 0 Å². The highest BCUT2D eigenvalue weighted by molar-refractivity contribution is 5.40. The minimum absolute atomic E-state index is 0.0937. The summed E-state index contributed by atoms with van der Waals surface area (Å²) in [7, 11) is 0. The third-order valence-electron chi connectivity index (χ3n) is 6.09. The van der Waals surface area contributed by atoms with Crippen LogP contribution in [-0.4, -0.2) is 12.6 Å². The lowest BCUT2D eigenvalue weighted by molar-refractivity contribution is -1.05. The first-order valence-corrected chi connectivity index (χ1v) is 6.74. The molecule has 1 N–H and O–H groups in total. The maximum absolute atomic E-state index is 11.8. The van der Waals surface area contributed by atoms with E-state index in [1.807, 2.05) is 0 Å². The summed E-state index contributed by atoms with van der Waals surface area (Å²) >= 11 is 0. The summed E-state index contributed by atoms with van der Waals surface area (Å²) in [6.45, 7) is 0.721. The summed E-state index contributed by atoms with van der Waals surface area (Å²) in [6, 6.07) is 0.204. The minimum Gasteiger partial charge on any atom is -0.599 e. The molecular weight excluding hydrogens is 202 g/mol. The molecular formula is C13H17NO2. The summed E-state index contributed by atoms with van der Waals surface area (Å²) in [6.07, 6.45) is 5.54. The minimum atomic E-state index is 0.0937. The molecule has 0 aromatic carbocycles. The quantitative estimate of drug-likeness (QED) is 0.480. The number of fused-ring (bicyclic) bond motifs is 11. The van der Waals surface area contributed by atoms with Crippen molar-refractivity contribution < 1.29 is 10.1 Å². The van der Waals surface area contributed by atoms with Crippen LogP contribution in [0.4, 0.5) is 0 Å². The fraction of sp³-hybridized carbons (Fsp3) is 0.846. The number of rotatable bonds is 0. The maximum atomic E-state index is 11.8. The van der Waals surface area contributed by atoms with Gasteiger partial charge in [0.05, 0.1) is 5.92 Å². The van der Waals surface area contributed by atoms with Crippen LogP contribution in [0.1, 0.15) is 25.7 Å². The zero-order chi connectivity index (χ0) is 10.4. The smallest absolute Gasteiger partial charge is 0.144 e. The summed E-state index contributed by atoms with van der Waals surface area (Å²) in [5.41, 5.74) is 3.30. The van der Waals surface area contributed by atoms with Gasteiger partial charge in [-0.1, -0.05) is 5.57 Å². The molecule has 1 saturated heterocycles. The van der Waals surface area contributed by atoms with Gasteiger partial charge < -0.3 is 5.21 Å². The first kappa shape index (κ1) is 8.67. The van der Waals surface area contributed by atoms with Gasteiger partial charge in [-0.25, -0.2) is 10.1 Å². The molecule has 0 spiro atoms. The molecule has 1 heterocycles. The lowest BCUT2D eigenvalue weighted by Gasteiger charge is -2.33. The van der Waals surface area contributed by atoms with Gasteiger partial charge in [-0.05, 0) is 54.9 Å². The fourth-order valence-electron chi connectivity index (χ4n) is 5.74. The normalized spacial score (nSPS) is 60.9. The number of allylic oxidation sites excluding steroid dienone is 1. The maximum Gasteiger partial charge on any atom is 0.144 e. The molecule has 0 radical (unpaired) electrons. The molecule has 1 aliphatic heterocycles. The summed E-state index contributed by atoms with van der Waals surface area (Å²) in [5, 5.41) is 11.9. The topological polar surface area (TPSA) is 36.7 Å². The average Bonchev–Trinajstić information content (AvgIpc) is 2.99. The van der Waals surface area contributed by atoms with Gasteiger partial charge in [0.25, 0.3) is 0 Å². The SMILES string of the molecule is [O-][NH+]1OCC2C3CC(=C4C5CCC(C5)C43)C21. The van der Waals surface area contributed by atoms with E-state index in [9.17, 15) is 5.21 Å². The van der Waals surface area contributed by atoms with Crippen LogP contribution in [0.3, 0.4) is 0 Å². The second-order valence-electron chi connectivity index (χ2n) is 6.42. The van der Waals surface area contributed by atoms with Crippen molar-refractivity contribution in [3.63, 3.8) is 0 Å². The largest absolute Gasteiger partial charge is 0.599 e. The van der Waals surface area contributed by atoms with Crippen molar-refractivity contribution in [2.45, 2.75) is 31.7 Å². The molecule has 86 valence electrons. The number of nitrogens with one attached hydrogen (secondary N) is 1. The van der Waals surface area contributed by atoms with Gasteiger partial charge in [0.15, 0.2) is 0 Å². The standard InChI is InChI=1S/C13H17NO2/c15-14-13-9-4-8(10(13)5-16-14)11-6-1-2-7(3-6)12(9)11/h6-8,10-11,13-14H,1-5H2. The van der Waals surface area contributed by atoms with Crippen LogP contribution >= 0.6 is 0 Å². The van der Waals surface area contributed by atoms with E-state index in [2.05, 4.69) is 0 Å². The Morgan fingerprint density at radius 2 is 2.19 bits per heavy atom. The summed E-state index contributed by atoms with van der Waals surface area (Å²) < 4.78 is 0. The molecule has 7 atom stereocenters. The van der Waals surface area contributed by atoms with Gasteiger partial charge in [0.1, 0.15) is 12.6 Å². The first-order chi connectivity index (χ1) is 7.84. The molecule has 4 bridgehead atoms. The zero-order valence-electron chi connectivity index (χ0n) is 9.32. The van der Waals surface area contributed by atoms with Crippen molar-refractivity contribution in [3.8, 4) is 0 Å². The molecule has 0 aromatic heterocycles. The third-order valence-corrected chi connectivity index (χ3v) is 6.09. The molecule has 3 heteroatoms. The van der Waals surface area contributed by atoms with E-state index in [0.29, 0.717) is 5.92 Å². The Labute approximate surface area is 95.0 Å².